The number of anilines is 1. The summed E-state index contributed by atoms with van der Waals surface area (Å²) in [5, 5.41) is 2.81. The van der Waals surface area contributed by atoms with Gasteiger partial charge in [0.15, 0.2) is 19.0 Å². The van der Waals surface area contributed by atoms with Crippen LogP contribution in [0.2, 0.25) is 0 Å². The zero-order valence-electron chi connectivity index (χ0n) is 17.6. The molecule has 1 atom stereocenters. The van der Waals surface area contributed by atoms with Crippen molar-refractivity contribution >= 4 is 23.3 Å². The summed E-state index contributed by atoms with van der Waals surface area (Å²) in [6, 6.07) is 11.5. The van der Waals surface area contributed by atoms with Crippen molar-refractivity contribution in [1.82, 2.24) is 5.32 Å². The van der Waals surface area contributed by atoms with Crippen molar-refractivity contribution in [1.29, 1.82) is 0 Å². The van der Waals surface area contributed by atoms with Gasteiger partial charge in [0.2, 0.25) is 5.91 Å². The zero-order chi connectivity index (χ0) is 21.8. The van der Waals surface area contributed by atoms with Crippen LogP contribution in [-0.4, -0.2) is 42.9 Å². The van der Waals surface area contributed by atoms with Crippen molar-refractivity contribution in [3.05, 3.63) is 53.6 Å². The number of ether oxygens (including phenoxy) is 2. The number of aryl methyl sites for hydroxylation is 1. The van der Waals surface area contributed by atoms with Gasteiger partial charge in [-0.25, -0.2) is 0 Å². The molecule has 0 aromatic heterocycles. The first-order valence-corrected chi connectivity index (χ1v) is 9.89. The molecule has 1 unspecified atom stereocenters. The molecular formula is C23H26N2O5. The molecule has 2 amide bonds. The smallest absolute Gasteiger partial charge is 0.265 e. The molecule has 0 fully saturated rings. The van der Waals surface area contributed by atoms with Crippen LogP contribution in [0.25, 0.3) is 0 Å². The van der Waals surface area contributed by atoms with Gasteiger partial charge in [-0.3, -0.25) is 19.3 Å². The van der Waals surface area contributed by atoms with Crippen LogP contribution in [0, 0.1) is 6.92 Å². The van der Waals surface area contributed by atoms with E-state index in [0.29, 0.717) is 22.7 Å². The highest BCUT2D eigenvalue weighted by molar-refractivity contribution is 6.05. The molecule has 2 aromatic carbocycles. The van der Waals surface area contributed by atoms with Crippen LogP contribution in [0.15, 0.2) is 42.5 Å². The molecule has 0 bridgehead atoms. The molecule has 7 nitrogen and oxygen atoms in total. The lowest BCUT2D eigenvalue weighted by Gasteiger charge is -2.33. The third-order valence-corrected chi connectivity index (χ3v) is 4.81. The van der Waals surface area contributed by atoms with Gasteiger partial charge in [-0.05, 0) is 57.5 Å². The molecule has 3 rings (SSSR count). The third kappa shape index (κ3) is 4.62. The van der Waals surface area contributed by atoms with Crippen LogP contribution in [0.5, 0.6) is 11.5 Å². The Hall–Kier alpha value is -3.35. The summed E-state index contributed by atoms with van der Waals surface area (Å²) < 4.78 is 11.1. The molecule has 2 aromatic rings. The first-order valence-electron chi connectivity index (χ1n) is 9.89. The Morgan fingerprint density at radius 2 is 1.90 bits per heavy atom. The van der Waals surface area contributed by atoms with Crippen LogP contribution >= 0.6 is 0 Å². The lowest BCUT2D eigenvalue weighted by molar-refractivity contribution is -0.127. The van der Waals surface area contributed by atoms with Gasteiger partial charge in [0, 0.05) is 11.6 Å². The molecule has 1 aliphatic rings. The Labute approximate surface area is 176 Å². The number of nitrogens with zero attached hydrogens (tertiary/aromatic N) is 1. The highest BCUT2D eigenvalue weighted by Gasteiger charge is 2.33. The second-order valence-corrected chi connectivity index (χ2v) is 7.55. The van der Waals surface area contributed by atoms with Crippen molar-refractivity contribution < 1.29 is 23.9 Å². The molecule has 7 heteroatoms. The molecule has 0 saturated heterocycles. The van der Waals surface area contributed by atoms with E-state index in [1.165, 1.54) is 4.90 Å². The minimum absolute atomic E-state index is 0.0536. The number of carbonyl (C=O) groups is 3. The Balaban J connectivity index is 1.82. The van der Waals surface area contributed by atoms with Crippen LogP contribution in [0.4, 0.5) is 5.69 Å². The summed E-state index contributed by atoms with van der Waals surface area (Å²) in [5.74, 6) is 0.247. The fourth-order valence-corrected chi connectivity index (χ4v) is 3.24. The van der Waals surface area contributed by atoms with E-state index >= 15 is 0 Å². The summed E-state index contributed by atoms with van der Waals surface area (Å²) in [4.78, 5) is 39.1. The monoisotopic (exact) mass is 410 g/mol. The zero-order valence-corrected chi connectivity index (χ0v) is 17.6. The predicted molar refractivity (Wildman–Crippen MR) is 113 cm³/mol. The SMILES string of the molecule is Cc1ccccc1OCC(=O)c1ccc2c(c1)N(C(C)C(=O)NC(C)C)C(=O)CO2. The third-order valence-electron chi connectivity index (χ3n) is 4.81. The second-order valence-electron chi connectivity index (χ2n) is 7.55. The second kappa shape index (κ2) is 8.98. The summed E-state index contributed by atoms with van der Waals surface area (Å²) >= 11 is 0. The van der Waals surface area contributed by atoms with Crippen LogP contribution in [0.1, 0.15) is 36.7 Å². The number of Topliss-reactive ketones (excluding diaryl/α,β-unsaturated/α-hetero) is 1. The maximum Gasteiger partial charge on any atom is 0.265 e. The standard InChI is InChI=1S/C23H26N2O5/c1-14(2)24-23(28)16(4)25-18-11-17(9-10-21(18)30-13-22(25)27)19(26)12-29-20-8-6-5-7-15(20)3/h5-11,14,16H,12-13H2,1-4H3,(H,24,28). The Morgan fingerprint density at radius 1 is 1.17 bits per heavy atom. The first kappa shape index (κ1) is 21.4. The minimum atomic E-state index is -0.740. The van der Waals surface area contributed by atoms with E-state index < -0.39 is 6.04 Å². The fraction of sp³-hybridized carbons (Fsp3) is 0.348. The summed E-state index contributed by atoms with van der Waals surface area (Å²) in [7, 11) is 0. The van der Waals surface area contributed by atoms with E-state index in [0.717, 1.165) is 5.56 Å². The number of benzene rings is 2. The molecule has 0 spiro atoms. The number of rotatable bonds is 7. The lowest BCUT2D eigenvalue weighted by Crippen LogP contribution is -2.52. The van der Waals surface area contributed by atoms with Crippen molar-refractivity contribution in [3.63, 3.8) is 0 Å². The number of hydrogen-bond donors (Lipinski definition) is 1. The van der Waals surface area contributed by atoms with E-state index in [-0.39, 0.29) is 36.9 Å². The maximum absolute atomic E-state index is 12.7. The average molecular weight is 410 g/mol. The Bertz CT molecular complexity index is 970. The van der Waals surface area contributed by atoms with Crippen LogP contribution in [-0.2, 0) is 9.59 Å². The molecule has 30 heavy (non-hydrogen) atoms. The van der Waals surface area contributed by atoms with Gasteiger partial charge in [0.25, 0.3) is 5.91 Å². The molecule has 158 valence electrons. The lowest BCUT2D eigenvalue weighted by atomic mass is 10.1. The quantitative estimate of drug-likeness (QED) is 0.710. The molecule has 0 aliphatic carbocycles. The minimum Gasteiger partial charge on any atom is -0.485 e. The van der Waals surface area contributed by atoms with Crippen molar-refractivity contribution in [3.8, 4) is 11.5 Å². The summed E-state index contributed by atoms with van der Waals surface area (Å²) in [6.45, 7) is 6.97. The molecule has 0 saturated carbocycles. The van der Waals surface area contributed by atoms with Gasteiger partial charge in [-0.15, -0.1) is 0 Å². The summed E-state index contributed by atoms with van der Waals surface area (Å²) in [6.07, 6.45) is 0. The Morgan fingerprint density at radius 3 is 2.60 bits per heavy atom. The number of ketones is 1. The maximum atomic E-state index is 12.7. The van der Waals surface area contributed by atoms with Gasteiger partial charge in [0.05, 0.1) is 5.69 Å². The number of carbonyl (C=O) groups excluding carboxylic acids is 3. The summed E-state index contributed by atoms with van der Waals surface area (Å²) in [5.41, 5.74) is 1.72. The number of nitrogens with one attached hydrogen (secondary N) is 1. The molecule has 0 radical (unpaired) electrons. The van der Waals surface area contributed by atoms with Crippen molar-refractivity contribution in [2.45, 2.75) is 39.8 Å². The van der Waals surface area contributed by atoms with E-state index in [9.17, 15) is 14.4 Å². The highest BCUT2D eigenvalue weighted by Crippen LogP contribution is 2.34. The normalized spacial score (nSPS) is 14.0. The topological polar surface area (TPSA) is 84.9 Å². The van der Waals surface area contributed by atoms with Crippen molar-refractivity contribution in [2.24, 2.45) is 0 Å². The van der Waals surface area contributed by atoms with Crippen LogP contribution in [0.3, 0.4) is 0 Å². The number of para-hydroxylation sites is 1. The van der Waals surface area contributed by atoms with Gasteiger partial charge >= 0.3 is 0 Å². The fourth-order valence-electron chi connectivity index (χ4n) is 3.24. The van der Waals surface area contributed by atoms with Crippen molar-refractivity contribution in [2.75, 3.05) is 18.1 Å². The first-order chi connectivity index (χ1) is 14.3. The largest absolute Gasteiger partial charge is 0.485 e. The Kier molecular flexibility index (Phi) is 6.40. The van der Waals surface area contributed by atoms with Crippen LogP contribution < -0.4 is 19.7 Å². The van der Waals surface area contributed by atoms with E-state index in [4.69, 9.17) is 9.47 Å². The van der Waals surface area contributed by atoms with Gasteiger partial charge in [-0.2, -0.15) is 0 Å². The highest BCUT2D eigenvalue weighted by atomic mass is 16.5. The van der Waals surface area contributed by atoms with Gasteiger partial charge in [0.1, 0.15) is 17.5 Å². The number of hydrogen-bond acceptors (Lipinski definition) is 5. The molecule has 1 N–H and O–H groups in total. The van der Waals surface area contributed by atoms with E-state index in [1.807, 2.05) is 39.0 Å². The number of amides is 2. The van der Waals surface area contributed by atoms with Gasteiger partial charge in [-0.1, -0.05) is 18.2 Å². The molecule has 1 aliphatic heterocycles. The number of fused-ring (bicyclic) bond motifs is 1. The van der Waals surface area contributed by atoms with Gasteiger partial charge < -0.3 is 14.8 Å². The van der Waals surface area contributed by atoms with E-state index in [2.05, 4.69) is 5.32 Å². The molecular weight excluding hydrogens is 384 g/mol. The average Bonchev–Trinajstić information content (AvgIpc) is 2.71. The van der Waals surface area contributed by atoms with E-state index in [1.54, 1.807) is 31.2 Å². The molecule has 1 heterocycles. The predicted octanol–water partition coefficient (Wildman–Crippen LogP) is 2.90.